The Morgan fingerprint density at radius 3 is 2.64 bits per heavy atom. The monoisotopic (exact) mass is 255 g/mol. The lowest BCUT2D eigenvalue weighted by Crippen LogP contribution is -1.89. The van der Waals surface area contributed by atoms with Gasteiger partial charge in [0, 0.05) is 16.9 Å². The molecule has 2 nitrogen and oxygen atoms in total. The molecule has 60 valence electrons. The number of halogens is 3. The van der Waals surface area contributed by atoms with Crippen LogP contribution in [0.2, 0.25) is 0 Å². The van der Waals surface area contributed by atoms with E-state index in [2.05, 4.69) is 20.9 Å². The van der Waals surface area contributed by atoms with Crippen LogP contribution in [0.15, 0.2) is 22.9 Å². The van der Waals surface area contributed by atoms with Gasteiger partial charge in [0.2, 0.25) is 0 Å². The Morgan fingerprint density at radius 2 is 2.27 bits per heavy atom. The van der Waals surface area contributed by atoms with Crippen LogP contribution in [0, 0.1) is 0 Å². The van der Waals surface area contributed by atoms with Crippen LogP contribution in [-0.2, 0) is 0 Å². The van der Waals surface area contributed by atoms with Crippen LogP contribution in [0.4, 0.5) is 0 Å². The van der Waals surface area contributed by atoms with E-state index in [1.54, 1.807) is 6.07 Å². The van der Waals surface area contributed by atoms with Gasteiger partial charge in [0.1, 0.15) is 0 Å². The Morgan fingerprint density at radius 1 is 1.64 bits per heavy atom. The van der Waals surface area contributed by atoms with Gasteiger partial charge in [-0.2, -0.15) is 0 Å². The van der Waals surface area contributed by atoms with Gasteiger partial charge < -0.3 is 0 Å². The number of pyridine rings is 1. The van der Waals surface area contributed by atoms with Gasteiger partial charge in [0.05, 0.1) is 5.56 Å². The lowest BCUT2D eigenvalue weighted by Gasteiger charge is -1.93. The van der Waals surface area contributed by atoms with Gasteiger partial charge in [0.15, 0.2) is 0 Å². The van der Waals surface area contributed by atoms with Gasteiger partial charge in [-0.1, -0.05) is 0 Å². The SMILES string of the molecule is Cl.O=C(Cl)c1ccncc1Br. The molecule has 11 heavy (non-hydrogen) atoms. The highest BCUT2D eigenvalue weighted by Crippen LogP contribution is 2.15. The molecule has 0 spiro atoms. The summed E-state index contributed by atoms with van der Waals surface area (Å²) in [6.45, 7) is 0. The highest BCUT2D eigenvalue weighted by Gasteiger charge is 2.04. The number of hydrogen-bond donors (Lipinski definition) is 0. The van der Waals surface area contributed by atoms with E-state index in [9.17, 15) is 4.79 Å². The molecule has 0 saturated heterocycles. The summed E-state index contributed by atoms with van der Waals surface area (Å²) in [4.78, 5) is 14.3. The fourth-order valence-corrected chi connectivity index (χ4v) is 1.24. The second kappa shape index (κ2) is 4.70. The van der Waals surface area contributed by atoms with Gasteiger partial charge >= 0.3 is 0 Å². The fraction of sp³-hybridized carbons (Fsp3) is 0. The zero-order valence-electron chi connectivity index (χ0n) is 5.25. The van der Waals surface area contributed by atoms with Crippen LogP contribution in [0.3, 0.4) is 0 Å². The summed E-state index contributed by atoms with van der Waals surface area (Å²) < 4.78 is 0.620. The molecule has 0 aromatic carbocycles. The van der Waals surface area contributed by atoms with Gasteiger partial charge in [0.25, 0.3) is 5.24 Å². The van der Waals surface area contributed by atoms with Crippen molar-refractivity contribution in [1.29, 1.82) is 0 Å². The molecule has 1 aromatic heterocycles. The Bertz CT molecular complexity index is 267. The molecule has 0 N–H and O–H groups in total. The molecule has 0 aliphatic rings. The molecule has 0 bridgehead atoms. The van der Waals surface area contributed by atoms with Crippen molar-refractivity contribution in [2.45, 2.75) is 0 Å². The van der Waals surface area contributed by atoms with E-state index in [0.717, 1.165) is 0 Å². The number of aromatic nitrogens is 1. The van der Waals surface area contributed by atoms with Crippen molar-refractivity contribution in [1.82, 2.24) is 4.98 Å². The van der Waals surface area contributed by atoms with Crippen molar-refractivity contribution < 1.29 is 4.79 Å². The predicted octanol–water partition coefficient (Wildman–Crippen LogP) is 2.64. The van der Waals surface area contributed by atoms with Gasteiger partial charge in [-0.05, 0) is 33.6 Å². The molecule has 5 heteroatoms. The first-order chi connectivity index (χ1) is 4.72. The van der Waals surface area contributed by atoms with Crippen molar-refractivity contribution in [3.63, 3.8) is 0 Å². The fourth-order valence-electron chi connectivity index (χ4n) is 0.535. The standard InChI is InChI=1S/C6H3BrClNO.ClH/c7-5-3-9-2-1-4(5)6(8)10;/h1-3H;1H. The highest BCUT2D eigenvalue weighted by molar-refractivity contribution is 9.10. The normalized spacial score (nSPS) is 8.55. The lowest BCUT2D eigenvalue weighted by molar-refractivity contribution is 0.108. The van der Waals surface area contributed by atoms with E-state index in [0.29, 0.717) is 10.0 Å². The summed E-state index contributed by atoms with van der Waals surface area (Å²) in [5.41, 5.74) is 0.441. The van der Waals surface area contributed by atoms with Crippen LogP contribution in [-0.4, -0.2) is 10.2 Å². The van der Waals surface area contributed by atoms with E-state index in [1.165, 1.54) is 12.4 Å². The molecule has 0 atom stereocenters. The lowest BCUT2D eigenvalue weighted by atomic mass is 10.3. The molecule has 0 aliphatic heterocycles. The maximum atomic E-state index is 10.6. The molecular weight excluding hydrogens is 253 g/mol. The molecule has 1 rings (SSSR count). The number of rotatable bonds is 1. The van der Waals surface area contributed by atoms with Crippen molar-refractivity contribution >= 4 is 45.2 Å². The first-order valence-corrected chi connectivity index (χ1v) is 3.68. The van der Waals surface area contributed by atoms with Crippen LogP contribution in [0.5, 0.6) is 0 Å². The molecule has 0 saturated carbocycles. The van der Waals surface area contributed by atoms with Crippen LogP contribution >= 0.6 is 39.9 Å². The first-order valence-electron chi connectivity index (χ1n) is 2.51. The maximum absolute atomic E-state index is 10.6. The third kappa shape index (κ3) is 2.77. The third-order valence-electron chi connectivity index (χ3n) is 0.984. The average molecular weight is 257 g/mol. The third-order valence-corrected chi connectivity index (χ3v) is 1.82. The predicted molar refractivity (Wildman–Crippen MR) is 49.4 cm³/mol. The zero-order chi connectivity index (χ0) is 7.56. The second-order valence-electron chi connectivity index (χ2n) is 1.63. The van der Waals surface area contributed by atoms with Crippen molar-refractivity contribution in [2.75, 3.05) is 0 Å². The van der Waals surface area contributed by atoms with Crippen molar-refractivity contribution in [3.05, 3.63) is 28.5 Å². The molecule has 0 fully saturated rings. The maximum Gasteiger partial charge on any atom is 0.253 e. The molecule has 1 aromatic rings. The van der Waals surface area contributed by atoms with E-state index in [4.69, 9.17) is 11.6 Å². The average Bonchev–Trinajstić information content (AvgIpc) is 1.88. The molecule has 0 radical (unpaired) electrons. The smallest absolute Gasteiger partial charge is 0.253 e. The number of carbonyl (C=O) groups excluding carboxylic acids is 1. The zero-order valence-corrected chi connectivity index (χ0v) is 8.41. The van der Waals surface area contributed by atoms with Crippen LogP contribution in [0.1, 0.15) is 10.4 Å². The Balaban J connectivity index is 0.000001000. The van der Waals surface area contributed by atoms with E-state index < -0.39 is 5.24 Å². The molecular formula is C6H4BrCl2NO. The van der Waals surface area contributed by atoms with E-state index in [-0.39, 0.29) is 12.4 Å². The minimum atomic E-state index is -0.478. The largest absolute Gasteiger partial charge is 0.276 e. The van der Waals surface area contributed by atoms with E-state index >= 15 is 0 Å². The molecule has 0 amide bonds. The Hall–Kier alpha value is -0.120. The summed E-state index contributed by atoms with van der Waals surface area (Å²) in [5.74, 6) is 0. The highest BCUT2D eigenvalue weighted by atomic mass is 79.9. The number of nitrogens with zero attached hydrogens (tertiary/aromatic N) is 1. The van der Waals surface area contributed by atoms with Gasteiger partial charge in [-0.15, -0.1) is 12.4 Å². The Kier molecular flexibility index (Phi) is 4.65. The summed E-state index contributed by atoms with van der Waals surface area (Å²) in [6, 6.07) is 1.55. The summed E-state index contributed by atoms with van der Waals surface area (Å²) >= 11 is 8.34. The van der Waals surface area contributed by atoms with Gasteiger partial charge in [-0.25, -0.2) is 0 Å². The quantitative estimate of drug-likeness (QED) is 0.724. The summed E-state index contributed by atoms with van der Waals surface area (Å²) in [5, 5.41) is -0.478. The van der Waals surface area contributed by atoms with Crippen molar-refractivity contribution in [2.24, 2.45) is 0 Å². The Labute approximate surface area is 83.5 Å². The van der Waals surface area contributed by atoms with E-state index in [1.807, 2.05) is 0 Å². The number of hydrogen-bond acceptors (Lipinski definition) is 2. The second-order valence-corrected chi connectivity index (χ2v) is 2.83. The summed E-state index contributed by atoms with van der Waals surface area (Å²) in [7, 11) is 0. The van der Waals surface area contributed by atoms with Crippen molar-refractivity contribution in [3.8, 4) is 0 Å². The minimum absolute atomic E-state index is 0. The summed E-state index contributed by atoms with van der Waals surface area (Å²) in [6.07, 6.45) is 3.04. The van der Waals surface area contributed by atoms with Crippen LogP contribution in [0.25, 0.3) is 0 Å². The topological polar surface area (TPSA) is 30.0 Å². The van der Waals surface area contributed by atoms with Gasteiger partial charge in [-0.3, -0.25) is 9.78 Å². The van der Waals surface area contributed by atoms with Crippen LogP contribution < -0.4 is 0 Å². The minimum Gasteiger partial charge on any atom is -0.276 e. The number of carbonyl (C=O) groups is 1. The first kappa shape index (κ1) is 10.9. The molecule has 0 aliphatic carbocycles. The molecule has 0 unspecified atom stereocenters. The molecule has 1 heterocycles.